The molecule has 2 fully saturated rings. The highest BCUT2D eigenvalue weighted by atomic mass is 28.5. The molecule has 4 nitrogen and oxygen atoms in total. The number of fused-ring (bicyclic) bond motifs is 1. The van der Waals surface area contributed by atoms with Gasteiger partial charge in [-0.2, -0.15) is 0 Å². The minimum atomic E-state index is -2.30. The van der Waals surface area contributed by atoms with E-state index in [0.29, 0.717) is 12.2 Å². The fourth-order valence-electron chi connectivity index (χ4n) is 5.09. The standard InChI is InChI=1S/C22H50O4Si4/c1-10-11-12-13-17-29(8,24-27(2,3)4)26-30(9,25-28(5,6)7)18-16-20-14-15-21-22(19-20)23-21/h20-22H,10-19H2,1-9H3. The Morgan fingerprint density at radius 1 is 0.700 bits per heavy atom. The van der Waals surface area contributed by atoms with E-state index in [0.717, 1.165) is 18.0 Å². The molecule has 1 aliphatic heterocycles. The van der Waals surface area contributed by atoms with Crippen molar-refractivity contribution in [1.82, 2.24) is 0 Å². The Morgan fingerprint density at radius 2 is 1.30 bits per heavy atom. The van der Waals surface area contributed by atoms with Gasteiger partial charge in [-0.15, -0.1) is 0 Å². The van der Waals surface area contributed by atoms with E-state index in [9.17, 15) is 0 Å². The van der Waals surface area contributed by atoms with Crippen molar-refractivity contribution in [2.75, 3.05) is 0 Å². The Balaban J connectivity index is 2.07. The van der Waals surface area contributed by atoms with Gasteiger partial charge in [0.25, 0.3) is 0 Å². The third-order valence-corrected chi connectivity index (χ3v) is 20.3. The highest BCUT2D eigenvalue weighted by Crippen LogP contribution is 2.42. The molecular weight excluding hydrogens is 441 g/mol. The van der Waals surface area contributed by atoms with E-state index in [-0.39, 0.29) is 0 Å². The van der Waals surface area contributed by atoms with Gasteiger partial charge in [-0.1, -0.05) is 32.6 Å². The summed E-state index contributed by atoms with van der Waals surface area (Å²) in [6, 6.07) is 2.21. The molecule has 5 unspecified atom stereocenters. The van der Waals surface area contributed by atoms with Gasteiger partial charge in [-0.05, 0) is 96.1 Å². The van der Waals surface area contributed by atoms with E-state index in [1.807, 2.05) is 0 Å². The molecule has 0 aromatic rings. The van der Waals surface area contributed by atoms with Crippen LogP contribution in [0.3, 0.4) is 0 Å². The van der Waals surface area contributed by atoms with Crippen molar-refractivity contribution in [2.24, 2.45) is 5.92 Å². The van der Waals surface area contributed by atoms with E-state index >= 15 is 0 Å². The van der Waals surface area contributed by atoms with Crippen molar-refractivity contribution < 1.29 is 17.1 Å². The van der Waals surface area contributed by atoms with Crippen LogP contribution in [0.15, 0.2) is 0 Å². The first-order valence-corrected chi connectivity index (χ1v) is 24.3. The fraction of sp³-hybridized carbons (Fsp3) is 1.00. The summed E-state index contributed by atoms with van der Waals surface area (Å²) in [6.45, 7) is 20.8. The van der Waals surface area contributed by atoms with Crippen molar-refractivity contribution in [3.8, 4) is 0 Å². The van der Waals surface area contributed by atoms with Crippen LogP contribution in [0.1, 0.15) is 58.3 Å². The summed E-state index contributed by atoms with van der Waals surface area (Å²) in [5, 5.41) is 0. The maximum Gasteiger partial charge on any atom is 0.315 e. The van der Waals surface area contributed by atoms with Gasteiger partial charge in [0.05, 0.1) is 12.2 Å². The summed E-state index contributed by atoms with van der Waals surface area (Å²) in [5.41, 5.74) is 0. The van der Waals surface area contributed by atoms with E-state index in [4.69, 9.17) is 17.1 Å². The molecule has 0 spiro atoms. The second-order valence-corrected chi connectivity index (χ2v) is 28.5. The Kier molecular flexibility index (Phi) is 9.67. The Bertz CT molecular complexity index is 536. The summed E-state index contributed by atoms with van der Waals surface area (Å²) in [6.07, 6.45) is 11.3. The molecule has 8 heteroatoms. The zero-order chi connectivity index (χ0) is 22.6. The molecule has 0 aromatic carbocycles. The molecule has 1 saturated carbocycles. The minimum Gasteiger partial charge on any atom is -0.437 e. The van der Waals surface area contributed by atoms with Gasteiger partial charge in [0.2, 0.25) is 0 Å². The molecule has 178 valence electrons. The van der Waals surface area contributed by atoms with E-state index < -0.39 is 33.8 Å². The van der Waals surface area contributed by atoms with Gasteiger partial charge < -0.3 is 17.1 Å². The molecule has 2 aliphatic rings. The molecule has 1 saturated heterocycles. The summed E-state index contributed by atoms with van der Waals surface area (Å²) >= 11 is 0. The van der Waals surface area contributed by atoms with Gasteiger partial charge in [-0.3, -0.25) is 0 Å². The van der Waals surface area contributed by atoms with Crippen molar-refractivity contribution in [3.63, 3.8) is 0 Å². The summed E-state index contributed by atoms with van der Waals surface area (Å²) in [7, 11) is -7.94. The van der Waals surface area contributed by atoms with Crippen LogP contribution in [0.2, 0.25) is 64.5 Å². The average Bonchev–Trinajstić information content (AvgIpc) is 3.32. The lowest BCUT2D eigenvalue weighted by Gasteiger charge is -2.43. The molecule has 0 bridgehead atoms. The number of hydrogen-bond donors (Lipinski definition) is 0. The molecule has 2 rings (SSSR count). The van der Waals surface area contributed by atoms with Crippen LogP contribution < -0.4 is 0 Å². The Hall–Kier alpha value is 0.708. The van der Waals surface area contributed by atoms with Crippen LogP contribution in [0, 0.1) is 5.92 Å². The largest absolute Gasteiger partial charge is 0.437 e. The SMILES string of the molecule is CCCCCC[Si](C)(O[Si](C)(C)C)O[Si](C)(CCC1CCC2OC2C1)O[Si](C)(C)C. The molecule has 0 aromatic heterocycles. The molecule has 0 radical (unpaired) electrons. The monoisotopic (exact) mass is 490 g/mol. The predicted octanol–water partition coefficient (Wildman–Crippen LogP) is 7.39. The molecule has 1 heterocycles. The minimum absolute atomic E-state index is 0.559. The van der Waals surface area contributed by atoms with Gasteiger partial charge in [0.15, 0.2) is 16.6 Å². The van der Waals surface area contributed by atoms with Crippen LogP contribution in [0.25, 0.3) is 0 Å². The number of rotatable bonds is 14. The number of unbranched alkanes of at least 4 members (excludes halogenated alkanes) is 3. The van der Waals surface area contributed by atoms with Crippen LogP contribution in [0.4, 0.5) is 0 Å². The highest BCUT2D eigenvalue weighted by Gasteiger charge is 2.48. The van der Waals surface area contributed by atoms with Crippen LogP contribution in [-0.4, -0.2) is 46.0 Å². The normalized spacial score (nSPS) is 28.5. The predicted molar refractivity (Wildman–Crippen MR) is 138 cm³/mol. The first-order chi connectivity index (χ1) is 13.7. The quantitative estimate of drug-likeness (QED) is 0.144. The van der Waals surface area contributed by atoms with E-state index in [1.165, 1.54) is 51.4 Å². The number of ether oxygens (including phenoxy) is 1. The second kappa shape index (κ2) is 10.8. The summed E-state index contributed by atoms with van der Waals surface area (Å²) < 4.78 is 26.6. The van der Waals surface area contributed by atoms with Crippen molar-refractivity contribution >= 4 is 33.8 Å². The smallest absolute Gasteiger partial charge is 0.315 e. The molecule has 1 aliphatic carbocycles. The van der Waals surface area contributed by atoms with Gasteiger partial charge in [0, 0.05) is 0 Å². The van der Waals surface area contributed by atoms with Gasteiger partial charge in [0.1, 0.15) is 0 Å². The van der Waals surface area contributed by atoms with E-state index in [1.54, 1.807) is 0 Å². The zero-order valence-electron chi connectivity index (χ0n) is 21.4. The lowest BCUT2D eigenvalue weighted by atomic mass is 9.88. The van der Waals surface area contributed by atoms with Crippen LogP contribution in [-0.2, 0) is 17.1 Å². The summed E-state index contributed by atoms with van der Waals surface area (Å²) in [4.78, 5) is 0. The second-order valence-electron chi connectivity index (χ2n) is 12.0. The number of epoxide rings is 1. The van der Waals surface area contributed by atoms with Crippen molar-refractivity contribution in [2.45, 2.75) is 135 Å². The molecular formula is C22H50O4Si4. The molecule has 0 amide bonds. The number of hydrogen-bond acceptors (Lipinski definition) is 4. The Labute approximate surface area is 191 Å². The maximum atomic E-state index is 7.16. The first-order valence-electron chi connectivity index (χ1n) is 12.5. The molecule has 0 N–H and O–H groups in total. The highest BCUT2D eigenvalue weighted by molar-refractivity contribution is 6.89. The Morgan fingerprint density at radius 3 is 1.83 bits per heavy atom. The summed E-state index contributed by atoms with van der Waals surface area (Å²) in [5.74, 6) is 0.782. The van der Waals surface area contributed by atoms with Crippen LogP contribution >= 0.6 is 0 Å². The fourth-order valence-corrected chi connectivity index (χ4v) is 23.6. The van der Waals surface area contributed by atoms with Crippen molar-refractivity contribution in [1.29, 1.82) is 0 Å². The topological polar surface area (TPSA) is 40.2 Å². The maximum absolute atomic E-state index is 7.16. The van der Waals surface area contributed by atoms with Crippen LogP contribution in [0.5, 0.6) is 0 Å². The first kappa shape index (κ1) is 27.0. The lowest BCUT2D eigenvalue weighted by molar-refractivity contribution is 0.302. The third-order valence-electron chi connectivity index (χ3n) is 6.08. The van der Waals surface area contributed by atoms with Gasteiger partial charge >= 0.3 is 17.1 Å². The molecule has 5 atom stereocenters. The zero-order valence-corrected chi connectivity index (χ0v) is 25.4. The lowest BCUT2D eigenvalue weighted by Crippen LogP contribution is -2.58. The molecule has 30 heavy (non-hydrogen) atoms. The van der Waals surface area contributed by atoms with E-state index in [2.05, 4.69) is 59.3 Å². The average molecular weight is 491 g/mol. The van der Waals surface area contributed by atoms with Gasteiger partial charge in [-0.25, -0.2) is 0 Å². The van der Waals surface area contributed by atoms with Crippen molar-refractivity contribution in [3.05, 3.63) is 0 Å². The third kappa shape index (κ3) is 10.1.